The van der Waals surface area contributed by atoms with E-state index in [0.29, 0.717) is 12.0 Å². The monoisotopic (exact) mass is 374 g/mol. The number of aliphatic hydroxyl groups is 1. The highest BCUT2D eigenvalue weighted by Gasteiger charge is 2.42. The van der Waals surface area contributed by atoms with E-state index in [2.05, 4.69) is 19.6 Å². The van der Waals surface area contributed by atoms with E-state index in [1.54, 1.807) is 0 Å². The van der Waals surface area contributed by atoms with Crippen LogP contribution in [0.5, 0.6) is 0 Å². The van der Waals surface area contributed by atoms with Gasteiger partial charge in [0.05, 0.1) is 0 Å². The zero-order valence-electron chi connectivity index (χ0n) is 16.5. The second-order valence-electron chi connectivity index (χ2n) is 7.40. The second-order valence-corrected chi connectivity index (χ2v) is 7.40. The van der Waals surface area contributed by atoms with Gasteiger partial charge in [-0.15, -0.1) is 0 Å². The minimum atomic E-state index is -0.851. The van der Waals surface area contributed by atoms with Crippen LogP contribution >= 0.6 is 0 Å². The zero-order valence-corrected chi connectivity index (χ0v) is 16.5. The standard InChI is InChI=1S/C22H30O5/c1-14-7-5-9-15(2)20(24)21-19(16(3)22(25)27-21)12-11-18(10-6-8-14)13-26-17(4)23/h8-9,11,19-21,24H,3,5-7,10,12-13H2,1-2,4H3/b14-8-,15-9-,18-11+/t19-,20-,21-/m1/s1. The van der Waals surface area contributed by atoms with Crippen LogP contribution in [0, 0.1) is 5.92 Å². The maximum absolute atomic E-state index is 12.0. The molecule has 0 aromatic rings. The number of carbonyl (C=O) groups is 2. The molecule has 1 heterocycles. The Morgan fingerprint density at radius 1 is 1.26 bits per heavy atom. The highest BCUT2D eigenvalue weighted by atomic mass is 16.6. The molecule has 0 unspecified atom stereocenters. The summed E-state index contributed by atoms with van der Waals surface area (Å²) in [6.07, 6.45) is 8.63. The summed E-state index contributed by atoms with van der Waals surface area (Å²) >= 11 is 0. The van der Waals surface area contributed by atoms with Gasteiger partial charge >= 0.3 is 11.9 Å². The average Bonchev–Trinajstić information content (AvgIpc) is 2.90. The van der Waals surface area contributed by atoms with Crippen LogP contribution in [0.2, 0.25) is 0 Å². The molecule has 1 aliphatic heterocycles. The Balaban J connectivity index is 2.29. The lowest BCUT2D eigenvalue weighted by atomic mass is 9.87. The maximum atomic E-state index is 12.0. The number of esters is 2. The van der Waals surface area contributed by atoms with Gasteiger partial charge in [-0.2, -0.15) is 0 Å². The van der Waals surface area contributed by atoms with Crippen molar-refractivity contribution in [2.24, 2.45) is 5.92 Å². The number of allylic oxidation sites excluding steroid dienone is 4. The van der Waals surface area contributed by atoms with Gasteiger partial charge in [0.2, 0.25) is 0 Å². The molecule has 0 spiro atoms. The minimum Gasteiger partial charge on any atom is -0.461 e. The quantitative estimate of drug-likeness (QED) is 0.452. The summed E-state index contributed by atoms with van der Waals surface area (Å²) in [6.45, 7) is 9.45. The third-order valence-electron chi connectivity index (χ3n) is 5.21. The van der Waals surface area contributed by atoms with Crippen molar-refractivity contribution in [1.82, 2.24) is 0 Å². The summed E-state index contributed by atoms with van der Waals surface area (Å²) in [5.74, 6) is -1.06. The Labute approximate surface area is 161 Å². The predicted octanol–water partition coefficient (Wildman–Crippen LogP) is 3.79. The Bertz CT molecular complexity index is 683. The molecular formula is C22H30O5. The first-order valence-corrected chi connectivity index (χ1v) is 9.51. The van der Waals surface area contributed by atoms with Crippen LogP contribution in [0.15, 0.2) is 47.1 Å². The highest BCUT2D eigenvalue weighted by molar-refractivity contribution is 5.91. The molecule has 3 atom stereocenters. The van der Waals surface area contributed by atoms with Gasteiger partial charge in [-0.1, -0.05) is 30.4 Å². The summed E-state index contributed by atoms with van der Waals surface area (Å²) < 4.78 is 10.6. The molecule has 2 aliphatic rings. The molecule has 0 radical (unpaired) electrons. The SMILES string of the molecule is C=C1C(=O)O[C@@H]2[C@@H]1C/C=C(/COC(C)=O)CC/C=C(/C)CC/C=C(/C)[C@H]2O. The first-order chi connectivity index (χ1) is 12.8. The fourth-order valence-electron chi connectivity index (χ4n) is 3.43. The van der Waals surface area contributed by atoms with E-state index in [1.807, 2.05) is 19.1 Å². The summed E-state index contributed by atoms with van der Waals surface area (Å²) in [7, 11) is 0. The minimum absolute atomic E-state index is 0.238. The zero-order chi connectivity index (χ0) is 20.0. The van der Waals surface area contributed by atoms with Gasteiger partial charge in [-0.25, -0.2) is 4.79 Å². The molecule has 148 valence electrons. The lowest BCUT2D eigenvalue weighted by Gasteiger charge is -2.23. The molecule has 2 rings (SSSR count). The molecule has 0 bridgehead atoms. The van der Waals surface area contributed by atoms with Crippen molar-refractivity contribution in [3.63, 3.8) is 0 Å². The molecule has 1 saturated heterocycles. The molecule has 0 saturated carbocycles. The normalized spacial score (nSPS) is 33.3. The summed E-state index contributed by atoms with van der Waals surface area (Å²) in [5.41, 5.74) is 3.48. The molecule has 1 N–H and O–H groups in total. The fourth-order valence-corrected chi connectivity index (χ4v) is 3.43. The molecular weight excluding hydrogens is 344 g/mol. The van der Waals surface area contributed by atoms with Gasteiger partial charge in [0, 0.05) is 18.4 Å². The topological polar surface area (TPSA) is 72.8 Å². The molecule has 27 heavy (non-hydrogen) atoms. The van der Waals surface area contributed by atoms with Crippen molar-refractivity contribution < 1.29 is 24.2 Å². The Morgan fingerprint density at radius 2 is 1.96 bits per heavy atom. The smallest absolute Gasteiger partial charge is 0.334 e. The number of hydrogen-bond donors (Lipinski definition) is 1. The van der Waals surface area contributed by atoms with Gasteiger partial charge < -0.3 is 14.6 Å². The van der Waals surface area contributed by atoms with Crippen LogP contribution in [-0.2, 0) is 19.1 Å². The van der Waals surface area contributed by atoms with E-state index >= 15 is 0 Å². The predicted molar refractivity (Wildman–Crippen MR) is 104 cm³/mol. The average molecular weight is 374 g/mol. The molecule has 1 aliphatic carbocycles. The number of fused-ring (bicyclic) bond motifs is 1. The van der Waals surface area contributed by atoms with E-state index < -0.39 is 18.2 Å². The van der Waals surface area contributed by atoms with Gasteiger partial charge in [0.15, 0.2) is 0 Å². The number of rotatable bonds is 2. The van der Waals surface area contributed by atoms with Gasteiger partial charge in [-0.3, -0.25) is 4.79 Å². The molecule has 5 nitrogen and oxygen atoms in total. The van der Waals surface area contributed by atoms with E-state index in [1.165, 1.54) is 12.5 Å². The molecule has 5 heteroatoms. The van der Waals surface area contributed by atoms with Crippen molar-refractivity contribution in [1.29, 1.82) is 0 Å². The third-order valence-corrected chi connectivity index (χ3v) is 5.21. The summed E-state index contributed by atoms with van der Waals surface area (Å²) in [5, 5.41) is 10.7. The van der Waals surface area contributed by atoms with E-state index in [0.717, 1.165) is 36.8 Å². The van der Waals surface area contributed by atoms with Gasteiger partial charge in [-0.05, 0) is 57.1 Å². The van der Waals surface area contributed by atoms with E-state index in [9.17, 15) is 14.7 Å². The number of aliphatic hydroxyl groups excluding tert-OH is 1. The van der Waals surface area contributed by atoms with Crippen LogP contribution in [0.25, 0.3) is 0 Å². The van der Waals surface area contributed by atoms with Gasteiger partial charge in [0.1, 0.15) is 18.8 Å². The Hall–Kier alpha value is -2.14. The Kier molecular flexibility index (Phi) is 7.60. The molecule has 0 aromatic carbocycles. The van der Waals surface area contributed by atoms with E-state index in [-0.39, 0.29) is 18.5 Å². The largest absolute Gasteiger partial charge is 0.461 e. The van der Waals surface area contributed by atoms with Crippen LogP contribution in [0.3, 0.4) is 0 Å². The second kappa shape index (κ2) is 9.70. The van der Waals surface area contributed by atoms with Crippen LogP contribution in [0.4, 0.5) is 0 Å². The first-order valence-electron chi connectivity index (χ1n) is 9.51. The lowest BCUT2D eigenvalue weighted by Crippen LogP contribution is -2.32. The maximum Gasteiger partial charge on any atom is 0.334 e. The number of hydrogen-bond acceptors (Lipinski definition) is 5. The van der Waals surface area contributed by atoms with Crippen LogP contribution in [0.1, 0.15) is 52.9 Å². The van der Waals surface area contributed by atoms with E-state index in [4.69, 9.17) is 9.47 Å². The molecule has 0 aromatic heterocycles. The molecule has 0 amide bonds. The summed E-state index contributed by atoms with van der Waals surface area (Å²) in [4.78, 5) is 23.2. The highest BCUT2D eigenvalue weighted by Crippen LogP contribution is 2.34. The van der Waals surface area contributed by atoms with Crippen LogP contribution in [-0.4, -0.2) is 35.9 Å². The first kappa shape index (κ1) is 21.2. The Morgan fingerprint density at radius 3 is 2.67 bits per heavy atom. The van der Waals surface area contributed by atoms with Crippen molar-refractivity contribution in [2.75, 3.05) is 6.61 Å². The van der Waals surface area contributed by atoms with Crippen LogP contribution < -0.4 is 0 Å². The number of carbonyl (C=O) groups excluding carboxylic acids is 2. The van der Waals surface area contributed by atoms with Crippen molar-refractivity contribution >= 4 is 11.9 Å². The summed E-state index contributed by atoms with van der Waals surface area (Å²) in [6, 6.07) is 0. The lowest BCUT2D eigenvalue weighted by molar-refractivity contribution is -0.143. The third kappa shape index (κ3) is 5.93. The molecule has 1 fully saturated rings. The van der Waals surface area contributed by atoms with Gasteiger partial charge in [0.25, 0.3) is 0 Å². The number of ether oxygens (including phenoxy) is 2. The van der Waals surface area contributed by atoms with Crippen molar-refractivity contribution in [2.45, 2.75) is 65.1 Å². The van der Waals surface area contributed by atoms with Crippen molar-refractivity contribution in [3.05, 3.63) is 47.1 Å². The fraction of sp³-hybridized carbons (Fsp3) is 0.545. The van der Waals surface area contributed by atoms with Crippen molar-refractivity contribution in [3.8, 4) is 0 Å².